The molecule has 8 atom stereocenters. The molecule has 0 aliphatic heterocycles. The minimum Gasteiger partial charge on any atom is -0.321 e. The minimum absolute atomic E-state index is 0.195. The molecule has 164 valence electrons. The second-order valence-corrected chi connectivity index (χ2v) is 12.7. The van der Waals surface area contributed by atoms with Crippen LogP contribution in [0.3, 0.4) is 0 Å². The van der Waals surface area contributed by atoms with Crippen molar-refractivity contribution >= 4 is 5.78 Å². The average Bonchev–Trinajstić information content (AvgIpc) is 3.62. The molecule has 0 saturated heterocycles. The van der Waals surface area contributed by atoms with Gasteiger partial charge in [0.2, 0.25) is 0 Å². The molecule has 0 radical (unpaired) electrons. The lowest BCUT2D eigenvalue weighted by Crippen LogP contribution is -2.64. The van der Waals surface area contributed by atoms with Crippen molar-refractivity contribution in [1.29, 1.82) is 0 Å². The van der Waals surface area contributed by atoms with Crippen molar-refractivity contribution < 1.29 is 4.79 Å². The molecule has 2 heteroatoms. The van der Waals surface area contributed by atoms with Gasteiger partial charge in [-0.2, -0.15) is 0 Å². The van der Waals surface area contributed by atoms with Gasteiger partial charge in [-0.15, -0.1) is 0 Å². The first-order chi connectivity index (χ1) is 14.2. The molecule has 0 heterocycles. The average molecular weight is 408 g/mol. The summed E-state index contributed by atoms with van der Waals surface area (Å²) in [5.74, 6) is 5.07. The normalized spacial score (nSPS) is 52.7. The predicted molar refractivity (Wildman–Crippen MR) is 122 cm³/mol. The molecular formula is C28H41NO. The molecule has 6 aliphatic rings. The van der Waals surface area contributed by atoms with E-state index < -0.39 is 0 Å². The van der Waals surface area contributed by atoms with E-state index in [4.69, 9.17) is 5.73 Å². The van der Waals surface area contributed by atoms with Crippen LogP contribution in [-0.2, 0) is 4.79 Å². The molecule has 6 rings (SSSR count). The number of allylic oxidation sites excluding steroid dienone is 2. The zero-order valence-corrected chi connectivity index (χ0v) is 19.5. The van der Waals surface area contributed by atoms with E-state index in [2.05, 4.69) is 39.8 Å². The largest absolute Gasteiger partial charge is 0.321 e. The van der Waals surface area contributed by atoms with E-state index in [0.717, 1.165) is 42.4 Å². The molecule has 30 heavy (non-hydrogen) atoms. The first kappa shape index (κ1) is 19.8. The fourth-order valence-electron chi connectivity index (χ4n) is 10.3. The SMILES string of the molecule is CC/C=C\[C@]1(C)C2CC2C2C3CC4(CC4)C4=CC(=O)CCC4(N)C3CCC21C(C)C. The minimum atomic E-state index is -0.195. The zero-order valence-electron chi connectivity index (χ0n) is 19.5. The lowest BCUT2D eigenvalue weighted by Gasteiger charge is -2.64. The molecule has 0 aromatic carbocycles. The third-order valence-corrected chi connectivity index (χ3v) is 11.6. The number of carbonyl (C=O) groups excluding carboxylic acids is 1. The maximum absolute atomic E-state index is 12.4. The molecule has 2 N–H and O–H groups in total. The highest BCUT2D eigenvalue weighted by Crippen LogP contribution is 2.83. The molecule has 5 fully saturated rings. The molecule has 1 spiro atoms. The van der Waals surface area contributed by atoms with E-state index in [1.54, 1.807) is 0 Å². The summed E-state index contributed by atoms with van der Waals surface area (Å²) in [4.78, 5) is 12.4. The van der Waals surface area contributed by atoms with Gasteiger partial charge in [0, 0.05) is 12.0 Å². The summed E-state index contributed by atoms with van der Waals surface area (Å²) in [6, 6.07) is 0. The Morgan fingerprint density at radius 2 is 1.93 bits per heavy atom. The van der Waals surface area contributed by atoms with E-state index >= 15 is 0 Å². The Morgan fingerprint density at radius 1 is 1.17 bits per heavy atom. The third kappa shape index (κ3) is 2.13. The number of carbonyl (C=O) groups is 1. The van der Waals surface area contributed by atoms with Crippen molar-refractivity contribution in [3.63, 3.8) is 0 Å². The second kappa shape index (κ2) is 5.91. The van der Waals surface area contributed by atoms with Crippen molar-refractivity contribution in [3.8, 4) is 0 Å². The lowest BCUT2D eigenvalue weighted by molar-refractivity contribution is -0.122. The van der Waals surface area contributed by atoms with Crippen molar-refractivity contribution in [2.75, 3.05) is 0 Å². The molecular weight excluding hydrogens is 366 g/mol. The topological polar surface area (TPSA) is 43.1 Å². The molecule has 0 amide bonds. The maximum Gasteiger partial charge on any atom is 0.155 e. The van der Waals surface area contributed by atoms with E-state index in [9.17, 15) is 4.79 Å². The fraction of sp³-hybridized carbons (Fsp3) is 0.821. The van der Waals surface area contributed by atoms with Crippen LogP contribution in [0.1, 0.15) is 85.5 Å². The number of rotatable bonds is 3. The summed E-state index contributed by atoms with van der Waals surface area (Å²) in [5.41, 5.74) is 9.65. The summed E-state index contributed by atoms with van der Waals surface area (Å²) >= 11 is 0. The van der Waals surface area contributed by atoms with Crippen LogP contribution in [0, 0.1) is 51.8 Å². The molecule has 5 saturated carbocycles. The van der Waals surface area contributed by atoms with E-state index in [1.807, 2.05) is 6.08 Å². The molecule has 0 aromatic heterocycles. The first-order valence-electron chi connectivity index (χ1n) is 13.0. The first-order valence-corrected chi connectivity index (χ1v) is 13.0. The van der Waals surface area contributed by atoms with Gasteiger partial charge in [-0.1, -0.05) is 39.8 Å². The smallest absolute Gasteiger partial charge is 0.155 e. The number of nitrogens with two attached hydrogens (primary N) is 1. The summed E-state index contributed by atoms with van der Waals surface area (Å²) < 4.78 is 0. The van der Waals surface area contributed by atoms with Gasteiger partial charge in [0.15, 0.2) is 5.78 Å². The van der Waals surface area contributed by atoms with Gasteiger partial charge in [0.1, 0.15) is 0 Å². The van der Waals surface area contributed by atoms with Gasteiger partial charge < -0.3 is 5.73 Å². The highest BCUT2D eigenvalue weighted by Gasteiger charge is 2.77. The number of hydrogen-bond donors (Lipinski definition) is 1. The van der Waals surface area contributed by atoms with Crippen LogP contribution in [0.5, 0.6) is 0 Å². The maximum atomic E-state index is 12.4. The molecule has 7 unspecified atom stereocenters. The highest BCUT2D eigenvalue weighted by atomic mass is 16.1. The van der Waals surface area contributed by atoms with Gasteiger partial charge in [0.25, 0.3) is 0 Å². The quantitative estimate of drug-likeness (QED) is 0.577. The van der Waals surface area contributed by atoms with Crippen LogP contribution in [0.15, 0.2) is 23.8 Å². The fourth-order valence-corrected chi connectivity index (χ4v) is 10.3. The Labute approximate surface area is 183 Å². The summed E-state index contributed by atoms with van der Waals surface area (Å²) in [6.45, 7) is 9.95. The Hall–Kier alpha value is -0.890. The number of fused-ring (bicyclic) bond motifs is 8. The molecule has 2 nitrogen and oxygen atoms in total. The van der Waals surface area contributed by atoms with Gasteiger partial charge in [-0.25, -0.2) is 0 Å². The second-order valence-electron chi connectivity index (χ2n) is 12.7. The summed E-state index contributed by atoms with van der Waals surface area (Å²) in [5, 5.41) is 0. The Kier molecular flexibility index (Phi) is 3.90. The van der Waals surface area contributed by atoms with E-state index in [1.165, 1.54) is 44.1 Å². The van der Waals surface area contributed by atoms with Gasteiger partial charge in [0.05, 0.1) is 0 Å². The Balaban J connectivity index is 1.47. The van der Waals surface area contributed by atoms with Crippen molar-refractivity contribution in [1.82, 2.24) is 0 Å². The van der Waals surface area contributed by atoms with E-state index in [-0.39, 0.29) is 11.0 Å². The molecule has 0 bridgehead atoms. The van der Waals surface area contributed by atoms with Crippen LogP contribution in [0.2, 0.25) is 0 Å². The van der Waals surface area contributed by atoms with Crippen LogP contribution in [0.25, 0.3) is 0 Å². The van der Waals surface area contributed by atoms with Crippen molar-refractivity contribution in [3.05, 3.63) is 23.8 Å². The van der Waals surface area contributed by atoms with Crippen molar-refractivity contribution in [2.24, 2.45) is 57.5 Å². The monoisotopic (exact) mass is 407 g/mol. The Bertz CT molecular complexity index is 849. The van der Waals surface area contributed by atoms with Crippen LogP contribution < -0.4 is 5.73 Å². The standard InChI is InChI=1S/C28H41NO/c1-5-6-9-25(4)22-15-19(22)24-20-16-26(12-13-26)23-14-18(30)7-11-28(23,29)21(20)8-10-27(24,25)17(2)3/h6,9,14,17,19-22,24H,5,7-8,10-13,15-16,29H2,1-4H3/b9-6-/t19?,20?,21?,22?,24?,25-,27?,28?/m1/s1. The van der Waals surface area contributed by atoms with Crippen molar-refractivity contribution in [2.45, 2.75) is 91.0 Å². The lowest BCUT2D eigenvalue weighted by atomic mass is 9.41. The predicted octanol–water partition coefficient (Wildman–Crippen LogP) is 6.06. The van der Waals surface area contributed by atoms with Crippen LogP contribution in [0.4, 0.5) is 0 Å². The molecule has 6 aliphatic carbocycles. The zero-order chi connectivity index (χ0) is 21.1. The number of hydrogen-bond acceptors (Lipinski definition) is 2. The van der Waals surface area contributed by atoms with Gasteiger partial charge in [-0.3, -0.25) is 4.79 Å². The van der Waals surface area contributed by atoms with Gasteiger partial charge >= 0.3 is 0 Å². The highest BCUT2D eigenvalue weighted by molar-refractivity contribution is 5.92. The van der Waals surface area contributed by atoms with Crippen LogP contribution >= 0.6 is 0 Å². The third-order valence-electron chi connectivity index (χ3n) is 11.6. The van der Waals surface area contributed by atoms with Crippen LogP contribution in [-0.4, -0.2) is 11.3 Å². The summed E-state index contributed by atoms with van der Waals surface area (Å²) in [7, 11) is 0. The number of ketones is 1. The summed E-state index contributed by atoms with van der Waals surface area (Å²) in [6.07, 6.45) is 17.8. The molecule has 0 aromatic rings. The Morgan fingerprint density at radius 3 is 2.60 bits per heavy atom. The van der Waals surface area contributed by atoms with Gasteiger partial charge in [-0.05, 0) is 115 Å². The van der Waals surface area contributed by atoms with E-state index in [0.29, 0.717) is 29.0 Å².